The fraction of sp³-hybridized carbons (Fsp3) is 0.125. The number of amides is 3. The minimum absolute atomic E-state index is 0.250. The Morgan fingerprint density at radius 2 is 2.29 bits per heavy atom. The van der Waals surface area contributed by atoms with Gasteiger partial charge in [0, 0.05) is 6.20 Å². The highest BCUT2D eigenvalue weighted by Crippen LogP contribution is 2.01. The molecule has 0 unspecified atom stereocenters. The van der Waals surface area contributed by atoms with Gasteiger partial charge in [0.15, 0.2) is 0 Å². The zero-order chi connectivity index (χ0) is 10.4. The summed E-state index contributed by atoms with van der Waals surface area (Å²) < 4.78 is 0. The number of carbonyl (C=O) groups is 2. The van der Waals surface area contributed by atoms with Gasteiger partial charge in [-0.05, 0) is 12.1 Å². The lowest BCUT2D eigenvalue weighted by atomic mass is 10.4. The van der Waals surface area contributed by atoms with Gasteiger partial charge >= 0.3 is 6.03 Å². The first-order valence-corrected chi connectivity index (χ1v) is 4.32. The van der Waals surface area contributed by atoms with Crippen LogP contribution >= 0.6 is 11.6 Å². The predicted octanol–water partition coefficient (Wildman–Crippen LogP) is 0.968. The van der Waals surface area contributed by atoms with E-state index in [0.29, 0.717) is 5.69 Å². The number of nitrogens with zero attached hydrogens (tertiary/aromatic N) is 1. The van der Waals surface area contributed by atoms with E-state index >= 15 is 0 Å². The molecule has 1 rings (SSSR count). The van der Waals surface area contributed by atoms with Gasteiger partial charge in [0.1, 0.15) is 5.88 Å². The van der Waals surface area contributed by atoms with Gasteiger partial charge in [0.25, 0.3) is 0 Å². The van der Waals surface area contributed by atoms with Crippen molar-refractivity contribution in [3.8, 4) is 0 Å². The van der Waals surface area contributed by atoms with Crippen LogP contribution in [0.2, 0.25) is 0 Å². The van der Waals surface area contributed by atoms with E-state index in [2.05, 4.69) is 10.3 Å². The number of rotatable bonds is 2. The lowest BCUT2D eigenvalue weighted by Crippen LogP contribution is -2.35. The van der Waals surface area contributed by atoms with Crippen LogP contribution in [0.25, 0.3) is 0 Å². The number of halogens is 1. The van der Waals surface area contributed by atoms with E-state index in [9.17, 15) is 9.59 Å². The third kappa shape index (κ3) is 3.40. The van der Waals surface area contributed by atoms with Crippen molar-refractivity contribution in [3.63, 3.8) is 0 Å². The number of alkyl halides is 1. The molecule has 2 N–H and O–H groups in total. The van der Waals surface area contributed by atoms with E-state index in [1.54, 1.807) is 18.3 Å². The molecular weight excluding hydrogens is 206 g/mol. The Hall–Kier alpha value is -1.62. The van der Waals surface area contributed by atoms with E-state index < -0.39 is 11.9 Å². The fourth-order valence-corrected chi connectivity index (χ4v) is 0.826. The Balaban J connectivity index is 2.46. The summed E-state index contributed by atoms with van der Waals surface area (Å²) in [7, 11) is 0. The molecule has 0 fully saturated rings. The smallest absolute Gasteiger partial charge is 0.306 e. The van der Waals surface area contributed by atoms with Crippen molar-refractivity contribution >= 4 is 29.2 Å². The van der Waals surface area contributed by atoms with Crippen LogP contribution in [-0.4, -0.2) is 22.8 Å². The van der Waals surface area contributed by atoms with Crippen LogP contribution in [0.15, 0.2) is 24.5 Å². The Morgan fingerprint density at radius 3 is 2.86 bits per heavy atom. The molecule has 0 aliphatic carbocycles. The normalized spacial score (nSPS) is 9.21. The number of anilines is 1. The van der Waals surface area contributed by atoms with Crippen molar-refractivity contribution in [2.75, 3.05) is 11.2 Å². The van der Waals surface area contributed by atoms with E-state index in [1.165, 1.54) is 6.20 Å². The zero-order valence-corrected chi connectivity index (χ0v) is 7.91. The van der Waals surface area contributed by atoms with Crippen molar-refractivity contribution in [3.05, 3.63) is 24.5 Å². The summed E-state index contributed by atoms with van der Waals surface area (Å²) in [4.78, 5) is 25.5. The highest BCUT2D eigenvalue weighted by Gasteiger charge is 2.05. The first-order valence-electron chi connectivity index (χ1n) is 3.79. The number of carbonyl (C=O) groups excluding carboxylic acids is 2. The topological polar surface area (TPSA) is 71.1 Å². The third-order valence-corrected chi connectivity index (χ3v) is 1.54. The van der Waals surface area contributed by atoms with Gasteiger partial charge in [-0.25, -0.2) is 4.79 Å². The molecule has 0 saturated carbocycles. The molecule has 0 radical (unpaired) electrons. The van der Waals surface area contributed by atoms with E-state index in [1.807, 2.05) is 5.32 Å². The maximum absolute atomic E-state index is 11.1. The van der Waals surface area contributed by atoms with Crippen molar-refractivity contribution in [2.45, 2.75) is 0 Å². The zero-order valence-electron chi connectivity index (χ0n) is 7.16. The van der Waals surface area contributed by atoms with E-state index in [-0.39, 0.29) is 5.88 Å². The number of hydrogen-bond donors (Lipinski definition) is 2. The van der Waals surface area contributed by atoms with Crippen LogP contribution in [0, 0.1) is 0 Å². The van der Waals surface area contributed by atoms with Gasteiger partial charge < -0.3 is 5.32 Å². The standard InChI is InChI=1S/C8H8ClN3O2/c9-4-7(13)12-8(14)11-6-2-1-3-10-5-6/h1-3,5H,4H2,(H2,11,12,13,14). The molecule has 14 heavy (non-hydrogen) atoms. The van der Waals surface area contributed by atoms with E-state index in [0.717, 1.165) is 0 Å². The van der Waals surface area contributed by atoms with Gasteiger partial charge in [-0.2, -0.15) is 0 Å². The Labute approximate surface area is 85.5 Å². The Morgan fingerprint density at radius 1 is 1.50 bits per heavy atom. The Kier molecular flexibility index (Phi) is 3.87. The first kappa shape index (κ1) is 10.5. The molecule has 3 amide bonds. The van der Waals surface area contributed by atoms with Crippen molar-refractivity contribution < 1.29 is 9.59 Å². The van der Waals surface area contributed by atoms with Crippen LogP contribution in [0.5, 0.6) is 0 Å². The van der Waals surface area contributed by atoms with Crippen molar-refractivity contribution in [1.29, 1.82) is 0 Å². The summed E-state index contributed by atoms with van der Waals surface area (Å²) in [6.45, 7) is 0. The average molecular weight is 214 g/mol. The van der Waals surface area contributed by atoms with Gasteiger partial charge in [0.05, 0.1) is 11.9 Å². The second-order valence-corrected chi connectivity index (χ2v) is 2.64. The molecule has 6 heteroatoms. The second-order valence-electron chi connectivity index (χ2n) is 2.38. The fourth-order valence-electron chi connectivity index (χ4n) is 0.759. The van der Waals surface area contributed by atoms with Gasteiger partial charge in [-0.15, -0.1) is 11.6 Å². The largest absolute Gasteiger partial charge is 0.325 e. The van der Waals surface area contributed by atoms with Crippen LogP contribution in [0.4, 0.5) is 10.5 Å². The summed E-state index contributed by atoms with van der Waals surface area (Å²) in [6.07, 6.45) is 3.04. The molecule has 1 heterocycles. The number of aromatic nitrogens is 1. The third-order valence-electron chi connectivity index (χ3n) is 1.29. The quantitative estimate of drug-likeness (QED) is 0.719. The molecule has 0 aromatic carbocycles. The molecule has 74 valence electrons. The van der Waals surface area contributed by atoms with Crippen LogP contribution in [0.1, 0.15) is 0 Å². The molecule has 0 aliphatic heterocycles. The molecular formula is C8H8ClN3O2. The van der Waals surface area contributed by atoms with Crippen molar-refractivity contribution in [1.82, 2.24) is 10.3 Å². The molecule has 0 saturated heterocycles. The summed E-state index contributed by atoms with van der Waals surface area (Å²) in [5, 5.41) is 4.44. The highest BCUT2D eigenvalue weighted by molar-refractivity contribution is 6.28. The lowest BCUT2D eigenvalue weighted by molar-refractivity contribution is -0.117. The number of nitrogens with one attached hydrogen (secondary N) is 2. The average Bonchev–Trinajstić information content (AvgIpc) is 2.19. The monoisotopic (exact) mass is 213 g/mol. The summed E-state index contributed by atoms with van der Waals surface area (Å²) in [6, 6.07) is 2.69. The summed E-state index contributed by atoms with van der Waals surface area (Å²) in [5.74, 6) is -0.798. The van der Waals surface area contributed by atoms with E-state index in [4.69, 9.17) is 11.6 Å². The maximum Gasteiger partial charge on any atom is 0.325 e. The SMILES string of the molecule is O=C(CCl)NC(=O)Nc1cccnc1. The van der Waals surface area contributed by atoms with Crippen LogP contribution < -0.4 is 10.6 Å². The van der Waals surface area contributed by atoms with Gasteiger partial charge in [0.2, 0.25) is 5.91 Å². The predicted molar refractivity (Wildman–Crippen MR) is 52.1 cm³/mol. The minimum Gasteiger partial charge on any atom is -0.306 e. The van der Waals surface area contributed by atoms with Gasteiger partial charge in [-0.1, -0.05) is 0 Å². The van der Waals surface area contributed by atoms with Crippen LogP contribution in [0.3, 0.4) is 0 Å². The minimum atomic E-state index is -0.622. The lowest BCUT2D eigenvalue weighted by Gasteiger charge is -2.03. The highest BCUT2D eigenvalue weighted by atomic mass is 35.5. The maximum atomic E-state index is 11.1. The molecule has 0 atom stereocenters. The van der Waals surface area contributed by atoms with Crippen LogP contribution in [-0.2, 0) is 4.79 Å². The molecule has 0 bridgehead atoms. The Bertz CT molecular complexity index is 329. The number of pyridine rings is 1. The molecule has 0 spiro atoms. The molecule has 5 nitrogen and oxygen atoms in total. The molecule has 1 aromatic rings. The van der Waals surface area contributed by atoms with Gasteiger partial charge in [-0.3, -0.25) is 15.1 Å². The number of imide groups is 1. The summed E-state index contributed by atoms with van der Waals surface area (Å²) >= 11 is 5.19. The first-order chi connectivity index (χ1) is 6.72. The second kappa shape index (κ2) is 5.18. The molecule has 0 aliphatic rings. The summed E-state index contributed by atoms with van der Waals surface area (Å²) in [5.41, 5.74) is 0.507. The number of hydrogen-bond acceptors (Lipinski definition) is 3. The molecule has 1 aromatic heterocycles. The number of urea groups is 1. The van der Waals surface area contributed by atoms with Crippen molar-refractivity contribution in [2.24, 2.45) is 0 Å².